The lowest BCUT2D eigenvalue weighted by molar-refractivity contribution is -0.124. The number of hydrogen-bond acceptors (Lipinski definition) is 4. The van der Waals surface area contributed by atoms with Crippen molar-refractivity contribution in [1.29, 1.82) is 0 Å². The number of carbonyl (C=O) groups is 2. The summed E-state index contributed by atoms with van der Waals surface area (Å²) in [7, 11) is 1.70. The molecule has 7 heteroatoms. The maximum absolute atomic E-state index is 12.2. The lowest BCUT2D eigenvalue weighted by Crippen LogP contribution is -2.32. The Hall–Kier alpha value is -2.18. The molecule has 7 nitrogen and oxygen atoms in total. The predicted molar refractivity (Wildman–Crippen MR) is 74.0 cm³/mol. The molecule has 1 aliphatic heterocycles. The average Bonchev–Trinajstić information content (AvgIpc) is 2.96. The van der Waals surface area contributed by atoms with Crippen LogP contribution in [-0.2, 0) is 22.7 Å². The third-order valence-corrected chi connectivity index (χ3v) is 3.46. The number of rotatable bonds is 4. The molecule has 0 aliphatic carbocycles. The number of hydrazone groups is 1. The monoisotopic (exact) mass is 277 g/mol. The molecular formula is C13H19N5O2. The van der Waals surface area contributed by atoms with Gasteiger partial charge in [-0.25, -0.2) is 5.43 Å². The average molecular weight is 277 g/mol. The van der Waals surface area contributed by atoms with Crippen LogP contribution in [0, 0.1) is 13.8 Å². The highest BCUT2D eigenvalue weighted by Gasteiger charge is 2.25. The summed E-state index contributed by atoms with van der Waals surface area (Å²) >= 11 is 0. The number of carbonyl (C=O) groups excluding carboxylic acids is 2. The quantitative estimate of drug-likeness (QED) is 0.862. The van der Waals surface area contributed by atoms with Gasteiger partial charge in [0, 0.05) is 31.4 Å². The van der Waals surface area contributed by atoms with Gasteiger partial charge in [0.2, 0.25) is 5.91 Å². The maximum atomic E-state index is 12.2. The van der Waals surface area contributed by atoms with Crippen LogP contribution in [0.2, 0.25) is 0 Å². The molecular weight excluding hydrogens is 258 g/mol. The van der Waals surface area contributed by atoms with E-state index in [0.717, 1.165) is 23.5 Å². The molecule has 0 unspecified atom stereocenters. The smallest absolute Gasteiger partial charge is 0.270 e. The molecule has 2 rings (SSSR count). The molecule has 1 aromatic rings. The van der Waals surface area contributed by atoms with Crippen molar-refractivity contribution in [2.75, 3.05) is 7.05 Å². The minimum absolute atomic E-state index is 0.0510. The third kappa shape index (κ3) is 2.56. The van der Waals surface area contributed by atoms with Gasteiger partial charge in [-0.15, -0.1) is 0 Å². The van der Waals surface area contributed by atoms with Gasteiger partial charge in [-0.1, -0.05) is 0 Å². The molecule has 0 spiro atoms. The Balaban J connectivity index is 2.12. The first kappa shape index (κ1) is 14.2. The molecule has 20 heavy (non-hydrogen) atoms. The van der Waals surface area contributed by atoms with Gasteiger partial charge in [0.05, 0.1) is 12.1 Å². The fraction of sp³-hybridized carbons (Fsp3) is 0.538. The molecule has 0 radical (unpaired) electrons. The van der Waals surface area contributed by atoms with Crippen LogP contribution >= 0.6 is 0 Å². The van der Waals surface area contributed by atoms with E-state index in [0.29, 0.717) is 6.54 Å². The van der Waals surface area contributed by atoms with Gasteiger partial charge in [-0.05, 0) is 20.8 Å². The van der Waals surface area contributed by atoms with E-state index < -0.39 is 0 Å². The number of amides is 2. The van der Waals surface area contributed by atoms with Crippen molar-refractivity contribution in [2.24, 2.45) is 5.10 Å². The molecule has 1 aliphatic rings. The van der Waals surface area contributed by atoms with Crippen molar-refractivity contribution in [1.82, 2.24) is 20.1 Å². The Morgan fingerprint density at radius 2 is 2.15 bits per heavy atom. The van der Waals surface area contributed by atoms with Gasteiger partial charge >= 0.3 is 0 Å². The van der Waals surface area contributed by atoms with Crippen molar-refractivity contribution in [3.05, 3.63) is 17.0 Å². The van der Waals surface area contributed by atoms with E-state index in [4.69, 9.17) is 0 Å². The molecule has 2 heterocycles. The Labute approximate surface area is 117 Å². The third-order valence-electron chi connectivity index (χ3n) is 3.46. The molecule has 0 saturated carbocycles. The van der Waals surface area contributed by atoms with Crippen molar-refractivity contribution in [2.45, 2.75) is 40.3 Å². The number of nitrogens with zero attached hydrogens (tertiary/aromatic N) is 4. The summed E-state index contributed by atoms with van der Waals surface area (Å²) in [4.78, 5) is 24.8. The summed E-state index contributed by atoms with van der Waals surface area (Å²) in [6, 6.07) is 0. The zero-order chi connectivity index (χ0) is 14.9. The normalized spacial score (nSPS) is 14.2. The van der Waals surface area contributed by atoms with Gasteiger partial charge in [0.1, 0.15) is 5.71 Å². The van der Waals surface area contributed by atoms with Crippen LogP contribution in [0.15, 0.2) is 5.10 Å². The largest absolute Gasteiger partial charge is 0.336 e. The molecule has 108 valence electrons. The fourth-order valence-electron chi connectivity index (χ4n) is 2.28. The van der Waals surface area contributed by atoms with Gasteiger partial charge < -0.3 is 4.90 Å². The lowest BCUT2D eigenvalue weighted by Gasteiger charge is -2.17. The molecule has 2 amide bonds. The number of hydrogen-bond donors (Lipinski definition) is 1. The summed E-state index contributed by atoms with van der Waals surface area (Å²) in [5, 5.41) is 8.18. The van der Waals surface area contributed by atoms with E-state index in [1.807, 2.05) is 25.5 Å². The highest BCUT2D eigenvalue weighted by molar-refractivity contribution is 6.42. The van der Waals surface area contributed by atoms with Crippen LogP contribution in [0.3, 0.4) is 0 Å². The minimum atomic E-state index is -0.243. The molecule has 0 atom stereocenters. The van der Waals surface area contributed by atoms with Crippen molar-refractivity contribution in [3.63, 3.8) is 0 Å². The van der Waals surface area contributed by atoms with Crippen LogP contribution in [0.4, 0.5) is 0 Å². The highest BCUT2D eigenvalue weighted by Crippen LogP contribution is 2.15. The summed E-state index contributed by atoms with van der Waals surface area (Å²) in [5.41, 5.74) is 5.58. The molecule has 0 saturated heterocycles. The van der Waals surface area contributed by atoms with E-state index in [9.17, 15) is 9.59 Å². The van der Waals surface area contributed by atoms with Crippen molar-refractivity contribution in [3.8, 4) is 0 Å². The zero-order valence-corrected chi connectivity index (χ0v) is 12.2. The first-order valence-corrected chi connectivity index (χ1v) is 6.57. The molecule has 1 N–H and O–H groups in total. The number of nitrogens with one attached hydrogen (secondary N) is 1. The first-order valence-electron chi connectivity index (χ1n) is 6.57. The predicted octanol–water partition coefficient (Wildman–Crippen LogP) is 0.354. The van der Waals surface area contributed by atoms with E-state index in [2.05, 4.69) is 15.6 Å². The van der Waals surface area contributed by atoms with Crippen LogP contribution in [0.1, 0.15) is 30.3 Å². The Bertz CT molecular complexity index is 588. The second-order valence-corrected chi connectivity index (χ2v) is 4.90. The van der Waals surface area contributed by atoms with Gasteiger partial charge in [-0.3, -0.25) is 14.3 Å². The molecule has 1 aromatic heterocycles. The maximum Gasteiger partial charge on any atom is 0.270 e. The lowest BCUT2D eigenvalue weighted by atomic mass is 10.1. The van der Waals surface area contributed by atoms with Crippen molar-refractivity contribution < 1.29 is 9.59 Å². The summed E-state index contributed by atoms with van der Waals surface area (Å²) < 4.78 is 1.92. The standard InChI is InChI=1S/C13H19N5O2/c1-5-18-9(3)10(8(2)16-18)7-17(4)13(20)11-6-12(19)15-14-11/h5-7H2,1-4H3,(H,15,19). The Kier molecular flexibility index (Phi) is 3.87. The molecule has 0 bridgehead atoms. The Morgan fingerprint density at radius 1 is 1.45 bits per heavy atom. The van der Waals surface area contributed by atoms with Crippen LogP contribution in [0.25, 0.3) is 0 Å². The van der Waals surface area contributed by atoms with Gasteiger partial charge in [0.25, 0.3) is 5.91 Å². The molecule has 0 aromatic carbocycles. The highest BCUT2D eigenvalue weighted by atomic mass is 16.2. The van der Waals surface area contributed by atoms with Gasteiger partial charge in [0.15, 0.2) is 0 Å². The zero-order valence-electron chi connectivity index (χ0n) is 12.2. The summed E-state index contributed by atoms with van der Waals surface area (Å²) in [6.45, 7) is 7.22. The summed E-state index contributed by atoms with van der Waals surface area (Å²) in [5.74, 6) is -0.473. The Morgan fingerprint density at radius 3 is 2.65 bits per heavy atom. The number of aryl methyl sites for hydroxylation is 2. The van der Waals surface area contributed by atoms with Gasteiger partial charge in [-0.2, -0.15) is 10.2 Å². The first-order chi connectivity index (χ1) is 9.43. The molecule has 0 fully saturated rings. The van der Waals surface area contributed by atoms with Crippen LogP contribution < -0.4 is 5.43 Å². The van der Waals surface area contributed by atoms with Crippen LogP contribution in [-0.4, -0.2) is 39.3 Å². The van der Waals surface area contributed by atoms with E-state index in [1.165, 1.54) is 0 Å². The number of aromatic nitrogens is 2. The fourth-order valence-corrected chi connectivity index (χ4v) is 2.28. The minimum Gasteiger partial charge on any atom is -0.336 e. The second kappa shape index (κ2) is 5.44. The van der Waals surface area contributed by atoms with Crippen molar-refractivity contribution >= 4 is 17.5 Å². The van der Waals surface area contributed by atoms with E-state index >= 15 is 0 Å². The van der Waals surface area contributed by atoms with Crippen LogP contribution in [0.5, 0.6) is 0 Å². The topological polar surface area (TPSA) is 79.6 Å². The second-order valence-electron chi connectivity index (χ2n) is 4.90. The summed E-state index contributed by atoms with van der Waals surface area (Å²) in [6.07, 6.45) is 0.0510. The SMILES string of the molecule is CCn1nc(C)c(CN(C)C(=O)C2=NNC(=O)C2)c1C. The van der Waals surface area contributed by atoms with E-state index in [1.54, 1.807) is 11.9 Å². The van der Waals surface area contributed by atoms with E-state index in [-0.39, 0.29) is 23.9 Å².